The van der Waals surface area contributed by atoms with Crippen LogP contribution in [0, 0.1) is 5.41 Å². The number of hydrogen-bond acceptors (Lipinski definition) is 4. The molecule has 10 nitrogen and oxygen atoms in total. The van der Waals surface area contributed by atoms with E-state index in [4.69, 9.17) is 22.6 Å². The van der Waals surface area contributed by atoms with Crippen LogP contribution in [0.1, 0.15) is 0 Å². The number of rotatable bonds is 4. The van der Waals surface area contributed by atoms with Crippen LogP contribution in [-0.4, -0.2) is 21.1 Å². The molecule has 12 heteroatoms. The fourth-order valence-electron chi connectivity index (χ4n) is 3.75. The minimum Gasteiger partial charge on any atom is -0.369 e. The summed E-state index contributed by atoms with van der Waals surface area (Å²) in [7, 11) is 3.91. The molecule has 0 fully saturated rings. The van der Waals surface area contributed by atoms with Gasteiger partial charge in [0.05, 0.1) is 28.1 Å². The first-order valence-corrected chi connectivity index (χ1v) is 9.15. The maximum absolute atomic E-state index is 7.47. The van der Waals surface area contributed by atoms with Crippen LogP contribution in [-0.2, 0) is 14.1 Å². The third kappa shape index (κ3) is 4.05. The predicted molar refractivity (Wildman–Crippen MR) is 135 cm³/mol. The van der Waals surface area contributed by atoms with Crippen LogP contribution in [0.2, 0.25) is 0 Å². The number of aromatic nitrogens is 2. The van der Waals surface area contributed by atoms with Crippen molar-refractivity contribution in [3.8, 4) is 11.4 Å². The van der Waals surface area contributed by atoms with Crippen molar-refractivity contribution in [3.63, 3.8) is 0 Å². The topological polar surface area (TPSA) is 161 Å². The summed E-state index contributed by atoms with van der Waals surface area (Å²) in [6.45, 7) is 0. The van der Waals surface area contributed by atoms with Crippen LogP contribution in [0.25, 0.3) is 33.2 Å². The lowest BCUT2D eigenvalue weighted by Gasteiger charge is -2.11. The fourth-order valence-corrected chi connectivity index (χ4v) is 3.75. The summed E-state index contributed by atoms with van der Waals surface area (Å²) in [6.07, 6.45) is 0. The van der Waals surface area contributed by atoms with E-state index in [-0.39, 0.29) is 36.7 Å². The van der Waals surface area contributed by atoms with E-state index >= 15 is 0 Å². The molecule has 32 heavy (non-hydrogen) atoms. The minimum absolute atomic E-state index is 0. The van der Waals surface area contributed by atoms with Crippen molar-refractivity contribution in [1.82, 2.24) is 9.13 Å². The molecular weight excluding hydrogens is 451 g/mol. The number of fused-ring (bicyclic) bond motifs is 2. The molecule has 0 aliphatic rings. The molecule has 0 amide bonds. The van der Waals surface area contributed by atoms with Crippen LogP contribution in [0.15, 0.2) is 63.9 Å². The second-order valence-electron chi connectivity index (χ2n) is 6.81. The monoisotopic (exact) mass is 474 g/mol. The maximum Gasteiger partial charge on any atom is 0.232 e. The quantitative estimate of drug-likeness (QED) is 0.132. The molecule has 168 valence electrons. The number of aryl methyl sites for hydroxylation is 2. The fraction of sp³-hybridized carbons (Fsp3) is 0.100. The van der Waals surface area contributed by atoms with Crippen LogP contribution in [0.5, 0.6) is 0 Å². The lowest BCUT2D eigenvalue weighted by Crippen LogP contribution is -2.24. The van der Waals surface area contributed by atoms with Crippen molar-refractivity contribution in [2.45, 2.75) is 0 Å². The molecule has 2 aromatic heterocycles. The summed E-state index contributed by atoms with van der Waals surface area (Å²) in [6, 6.07) is 15.8. The van der Waals surface area contributed by atoms with Gasteiger partial charge in [-0.2, -0.15) is 0 Å². The lowest BCUT2D eigenvalue weighted by molar-refractivity contribution is 0.922. The van der Waals surface area contributed by atoms with Gasteiger partial charge in [-0.3, -0.25) is 10.8 Å². The van der Waals surface area contributed by atoms with Gasteiger partial charge in [0, 0.05) is 24.9 Å². The summed E-state index contributed by atoms with van der Waals surface area (Å²) < 4.78 is 4.07. The van der Waals surface area contributed by atoms with Crippen LogP contribution >= 0.6 is 24.8 Å². The SMILES string of the molecule is Cl.Cl.Cn1c(-c2c(NN=C(N)N)c3ccccc3n2C)c(N=NC(=N)N)c2ccccc21. The number of guanidine groups is 2. The van der Waals surface area contributed by atoms with Gasteiger partial charge in [-0.1, -0.05) is 36.4 Å². The molecule has 2 aromatic carbocycles. The Morgan fingerprint density at radius 2 is 1.38 bits per heavy atom. The molecule has 4 rings (SSSR count). The summed E-state index contributed by atoms with van der Waals surface area (Å²) in [5.41, 5.74) is 24.4. The standard InChI is InChI=1S/C20H22N10.2ClH/c1-29-13-9-5-3-7-11(13)15(25-27-19(21)22)17(29)18-16(26-28-20(23)24)12-8-4-6-10-14(12)30(18)2;;/h3-10,25H,1-2H3,(H3,23,24)(H4,21,22,27);2*1H. The summed E-state index contributed by atoms with van der Waals surface area (Å²) in [5, 5.41) is 21.4. The molecule has 0 radical (unpaired) electrons. The van der Waals surface area contributed by atoms with E-state index in [0.29, 0.717) is 5.69 Å². The molecule has 0 spiro atoms. The minimum atomic E-state index is -0.371. The molecule has 0 saturated carbocycles. The van der Waals surface area contributed by atoms with Gasteiger partial charge < -0.3 is 26.3 Å². The number of benzene rings is 2. The van der Waals surface area contributed by atoms with Crippen LogP contribution < -0.4 is 22.6 Å². The van der Waals surface area contributed by atoms with E-state index in [9.17, 15) is 0 Å². The van der Waals surface area contributed by atoms with Crippen molar-refractivity contribution in [2.24, 2.45) is 46.6 Å². The highest BCUT2D eigenvalue weighted by molar-refractivity contribution is 6.08. The van der Waals surface area contributed by atoms with E-state index in [2.05, 4.69) is 20.8 Å². The molecule has 4 aromatic rings. The molecule has 0 bridgehead atoms. The molecule has 0 saturated heterocycles. The number of anilines is 1. The predicted octanol–water partition coefficient (Wildman–Crippen LogP) is 3.76. The van der Waals surface area contributed by atoms with Crippen molar-refractivity contribution in [1.29, 1.82) is 5.41 Å². The first-order chi connectivity index (χ1) is 14.4. The zero-order valence-electron chi connectivity index (χ0n) is 17.4. The molecule has 0 aliphatic heterocycles. The Kier molecular flexibility index (Phi) is 7.34. The van der Waals surface area contributed by atoms with Crippen molar-refractivity contribution < 1.29 is 0 Å². The van der Waals surface area contributed by atoms with Gasteiger partial charge in [0.25, 0.3) is 0 Å². The van der Waals surface area contributed by atoms with Crippen LogP contribution in [0.4, 0.5) is 11.4 Å². The van der Waals surface area contributed by atoms with Gasteiger partial charge in [-0.25, -0.2) is 0 Å². The largest absolute Gasteiger partial charge is 0.369 e. The van der Waals surface area contributed by atoms with E-state index < -0.39 is 0 Å². The second kappa shape index (κ2) is 9.58. The summed E-state index contributed by atoms with van der Waals surface area (Å²) in [4.78, 5) is 0. The number of nitrogens with one attached hydrogen (secondary N) is 2. The highest BCUT2D eigenvalue weighted by Gasteiger charge is 2.24. The molecule has 0 atom stereocenters. The number of azo groups is 1. The van der Waals surface area contributed by atoms with E-state index in [1.54, 1.807) is 0 Å². The zero-order valence-corrected chi connectivity index (χ0v) is 19.0. The van der Waals surface area contributed by atoms with E-state index in [1.807, 2.05) is 71.8 Å². The normalized spacial score (nSPS) is 10.7. The first kappa shape index (κ1) is 24.5. The van der Waals surface area contributed by atoms with Crippen LogP contribution in [0.3, 0.4) is 0 Å². The molecule has 8 N–H and O–H groups in total. The zero-order chi connectivity index (χ0) is 21.4. The number of halogens is 2. The second-order valence-corrected chi connectivity index (χ2v) is 6.81. The number of hydrazone groups is 1. The maximum atomic E-state index is 7.47. The van der Waals surface area contributed by atoms with Gasteiger partial charge in [-0.05, 0) is 12.1 Å². The Hall–Kier alpha value is -3.76. The molecule has 0 unspecified atom stereocenters. The third-order valence-corrected chi connectivity index (χ3v) is 4.97. The van der Waals surface area contributed by atoms with E-state index in [1.165, 1.54) is 0 Å². The summed E-state index contributed by atoms with van der Waals surface area (Å²) in [5.74, 6) is -0.452. The van der Waals surface area contributed by atoms with Gasteiger partial charge in [0.15, 0.2) is 0 Å². The Bertz CT molecular complexity index is 1350. The van der Waals surface area contributed by atoms with Gasteiger partial charge in [0.2, 0.25) is 11.9 Å². The number of nitrogens with zero attached hydrogens (tertiary/aromatic N) is 5. The smallest absolute Gasteiger partial charge is 0.232 e. The van der Waals surface area contributed by atoms with Crippen molar-refractivity contribution >= 4 is 69.9 Å². The Labute approximate surface area is 196 Å². The summed E-state index contributed by atoms with van der Waals surface area (Å²) >= 11 is 0. The van der Waals surface area contributed by atoms with Gasteiger partial charge >= 0.3 is 0 Å². The molecular formula is C20H24Cl2N10. The Balaban J connectivity index is 0.00000181. The number of nitrogens with two attached hydrogens (primary N) is 3. The number of hydrogen-bond donors (Lipinski definition) is 5. The molecule has 0 aliphatic carbocycles. The van der Waals surface area contributed by atoms with Gasteiger partial charge in [0.1, 0.15) is 5.69 Å². The Morgan fingerprint density at radius 3 is 1.97 bits per heavy atom. The lowest BCUT2D eigenvalue weighted by atomic mass is 10.1. The first-order valence-electron chi connectivity index (χ1n) is 9.15. The van der Waals surface area contributed by atoms with E-state index in [0.717, 1.165) is 38.9 Å². The highest BCUT2D eigenvalue weighted by atomic mass is 35.5. The van der Waals surface area contributed by atoms with Gasteiger partial charge in [-0.15, -0.1) is 40.1 Å². The number of para-hydroxylation sites is 2. The molecule has 2 heterocycles. The van der Waals surface area contributed by atoms with Crippen molar-refractivity contribution in [2.75, 3.05) is 5.43 Å². The average Bonchev–Trinajstić information content (AvgIpc) is 3.16. The average molecular weight is 475 g/mol. The third-order valence-electron chi connectivity index (χ3n) is 4.97. The highest BCUT2D eigenvalue weighted by Crippen LogP contribution is 2.45. The van der Waals surface area contributed by atoms with Crippen molar-refractivity contribution in [3.05, 3.63) is 48.5 Å². The Morgan fingerprint density at radius 1 is 0.844 bits per heavy atom.